The van der Waals surface area contributed by atoms with Crippen LogP contribution in [0, 0.1) is 0 Å². The first kappa shape index (κ1) is 22.5. The molecule has 0 spiro atoms. The van der Waals surface area contributed by atoms with Gasteiger partial charge in [0.05, 0.1) is 0 Å². The van der Waals surface area contributed by atoms with Crippen LogP contribution in [0.2, 0.25) is 0 Å². The van der Waals surface area contributed by atoms with Gasteiger partial charge in [-0.2, -0.15) is 9.59 Å². The molecule has 0 saturated heterocycles. The van der Waals surface area contributed by atoms with Crippen LogP contribution < -0.4 is 5.26 Å². The molecule has 0 amide bonds. The summed E-state index contributed by atoms with van der Waals surface area (Å²) < 4.78 is 0. The normalized spacial score (nSPS) is 4.17. The third-order valence-electron chi connectivity index (χ3n) is 0.0823. The van der Waals surface area contributed by atoms with Crippen LogP contribution in [0.4, 0.5) is 0 Å². The molecule has 8 nitrogen and oxygen atoms in total. The van der Waals surface area contributed by atoms with Gasteiger partial charge in [-0.05, 0) is 0 Å². The summed E-state index contributed by atoms with van der Waals surface area (Å²) >= 11 is 0. The van der Waals surface area contributed by atoms with Crippen LogP contribution in [0.1, 0.15) is 10.3 Å². The molecular formula is C4H10O8. The minimum Gasteiger partial charge on any atom is -0.662 e. The molecule has 0 bridgehead atoms. The Hall–Kier alpha value is -1.76. The van der Waals surface area contributed by atoms with Crippen molar-refractivity contribution in [3.63, 3.8) is 0 Å². The van der Waals surface area contributed by atoms with Crippen LogP contribution in [-0.2, 0) is 29.0 Å². The maximum Gasteiger partial charge on any atom is 1.00 e. The number of carbonyl (C=O) groups excluding carboxylic acids is 4. The summed E-state index contributed by atoms with van der Waals surface area (Å²) in [6, 6.07) is 0. The molecule has 0 atom stereocenters. The van der Waals surface area contributed by atoms with Gasteiger partial charge in [0.15, 0.2) is 0 Å². The molecule has 0 unspecified atom stereocenters. The van der Waals surface area contributed by atoms with Crippen molar-refractivity contribution >= 4 is 19.1 Å². The highest BCUT2D eigenvalue weighted by molar-refractivity contribution is 5.35. The van der Waals surface area contributed by atoms with Gasteiger partial charge < -0.3 is 15.0 Å². The minimum atomic E-state index is -0.181. The lowest BCUT2D eigenvalue weighted by Gasteiger charge is -1.88. The molecule has 0 saturated carbocycles. The summed E-state index contributed by atoms with van der Waals surface area (Å²) in [4.78, 5) is 39.1. The van der Waals surface area contributed by atoms with E-state index in [0.717, 1.165) is 0 Å². The van der Waals surface area contributed by atoms with E-state index in [4.69, 9.17) is 29.7 Å². The van der Waals surface area contributed by atoms with E-state index in [9.17, 15) is 0 Å². The Morgan fingerprint density at radius 3 is 1.58 bits per heavy atom. The van der Waals surface area contributed by atoms with E-state index in [1.807, 2.05) is 0 Å². The van der Waals surface area contributed by atoms with E-state index in [1.165, 1.54) is 0 Å². The lowest BCUT2D eigenvalue weighted by molar-refractivity contribution is -0.652. The Balaban J connectivity index is -0.0000000156. The molecule has 0 aliphatic rings. The standard InChI is InChI=1S/2CH2O3.CO2.CH4.H2/c2*2-1-4-3;2-1-3;;/h2*1,3H;;1H4;1H. The largest absolute Gasteiger partial charge is 1.00 e. The Kier molecular flexibility index (Phi) is 112. The van der Waals surface area contributed by atoms with Crippen molar-refractivity contribution in [1.82, 2.24) is 0 Å². The fourth-order valence-corrected chi connectivity index (χ4v) is 0. The molecular weight excluding hydrogens is 176 g/mol. The topological polar surface area (TPSA) is 130 Å². The van der Waals surface area contributed by atoms with E-state index in [-0.39, 0.29) is 29.4 Å². The second-order valence-electron chi connectivity index (χ2n) is 0.477. The van der Waals surface area contributed by atoms with Gasteiger partial charge in [-0.25, -0.2) is 5.26 Å². The maximum absolute atomic E-state index is 8.70. The fourth-order valence-electron chi connectivity index (χ4n) is 0. The van der Waals surface area contributed by atoms with Gasteiger partial charge in [-0.3, -0.25) is 9.59 Å². The molecule has 0 fully saturated rings. The summed E-state index contributed by atoms with van der Waals surface area (Å²) in [5.74, 6) is 0. The molecule has 0 aliphatic carbocycles. The van der Waals surface area contributed by atoms with E-state index in [1.54, 1.807) is 0 Å². The molecule has 0 rings (SSSR count). The predicted octanol–water partition coefficient (Wildman–Crippen LogP) is -1.52. The zero-order valence-corrected chi connectivity index (χ0v) is 4.96. The van der Waals surface area contributed by atoms with Gasteiger partial charge in [0.1, 0.15) is 0 Å². The molecule has 0 aliphatic heterocycles. The second kappa shape index (κ2) is 59.8. The zero-order valence-electron chi connectivity index (χ0n) is 5.96. The molecule has 1 N–H and O–H groups in total. The van der Waals surface area contributed by atoms with Crippen LogP contribution in [-0.4, -0.2) is 24.4 Å². The first-order chi connectivity index (χ1) is 5.24. The van der Waals surface area contributed by atoms with Crippen LogP contribution >= 0.6 is 0 Å². The highest BCUT2D eigenvalue weighted by Gasteiger charge is 1.47. The fraction of sp³-hybridized carbons (Fsp3) is 0.250. The van der Waals surface area contributed by atoms with Gasteiger partial charge in [0, 0.05) is 1.43 Å². The van der Waals surface area contributed by atoms with Crippen molar-refractivity contribution in [2.24, 2.45) is 0 Å². The quantitative estimate of drug-likeness (QED) is 0.312. The zero-order chi connectivity index (χ0) is 9.54. The molecule has 12 heavy (non-hydrogen) atoms. The lowest BCUT2D eigenvalue weighted by atomic mass is 11.7. The second-order valence-corrected chi connectivity index (χ2v) is 0.477. The van der Waals surface area contributed by atoms with E-state index in [0.29, 0.717) is 0 Å². The average Bonchev–Trinajstić information content (AvgIpc) is 2.06. The highest BCUT2D eigenvalue weighted by Crippen LogP contribution is 1.33. The Morgan fingerprint density at radius 2 is 1.58 bits per heavy atom. The van der Waals surface area contributed by atoms with Gasteiger partial charge in [-0.1, -0.05) is 7.43 Å². The van der Waals surface area contributed by atoms with Gasteiger partial charge in [0.2, 0.25) is 0 Å². The summed E-state index contributed by atoms with van der Waals surface area (Å²) in [6.45, 7) is -0.250. The monoisotopic (exact) mass is 186 g/mol. The van der Waals surface area contributed by atoms with Crippen LogP contribution in [0.5, 0.6) is 0 Å². The lowest BCUT2D eigenvalue weighted by Crippen LogP contribution is -2.00. The van der Waals surface area contributed by atoms with Gasteiger partial charge in [-0.15, -0.1) is 0 Å². The van der Waals surface area contributed by atoms with Gasteiger partial charge in [0.25, 0.3) is 6.47 Å². The molecule has 8 heteroatoms. The average molecular weight is 186 g/mol. The molecule has 0 aromatic rings. The van der Waals surface area contributed by atoms with Gasteiger partial charge >= 0.3 is 14.1 Å². The van der Waals surface area contributed by atoms with Crippen LogP contribution in [0.3, 0.4) is 0 Å². The van der Waals surface area contributed by atoms with E-state index >= 15 is 0 Å². The summed E-state index contributed by atoms with van der Waals surface area (Å²) in [6.07, 6.45) is 0.250. The highest BCUT2D eigenvalue weighted by atomic mass is 17.1. The van der Waals surface area contributed by atoms with Crippen LogP contribution in [0.15, 0.2) is 0 Å². The van der Waals surface area contributed by atoms with E-state index < -0.39 is 0 Å². The van der Waals surface area contributed by atoms with Crippen molar-refractivity contribution in [1.29, 1.82) is 0 Å². The summed E-state index contributed by atoms with van der Waals surface area (Å²) in [5.41, 5.74) is 0. The molecule has 0 heterocycles. The van der Waals surface area contributed by atoms with Crippen molar-refractivity contribution < 1.29 is 42.3 Å². The van der Waals surface area contributed by atoms with Crippen molar-refractivity contribution in [2.45, 2.75) is 7.43 Å². The molecule has 0 aromatic heterocycles. The Bertz CT molecular complexity index is 104. The smallest absolute Gasteiger partial charge is 0.662 e. The first-order valence-electron chi connectivity index (χ1n) is 1.70. The van der Waals surface area contributed by atoms with E-state index in [2.05, 4.69) is 9.78 Å². The predicted molar refractivity (Wildman–Crippen MR) is 31.9 cm³/mol. The van der Waals surface area contributed by atoms with Crippen molar-refractivity contribution in [2.75, 3.05) is 0 Å². The summed E-state index contributed by atoms with van der Waals surface area (Å²) in [7, 11) is 0. The van der Waals surface area contributed by atoms with Crippen LogP contribution in [0.25, 0.3) is 0 Å². The van der Waals surface area contributed by atoms with Crippen molar-refractivity contribution in [3.8, 4) is 0 Å². The number of hydrogen-bond acceptors (Lipinski definition) is 8. The number of carbonyl (C=O) groups is 2. The van der Waals surface area contributed by atoms with Crippen molar-refractivity contribution in [3.05, 3.63) is 0 Å². The molecule has 0 radical (unpaired) electrons. The number of hydrogen-bond donors (Lipinski definition) is 1. The third kappa shape index (κ3) is 7500. The Labute approximate surface area is 70.1 Å². The maximum atomic E-state index is 8.70. The molecule has 0 aromatic carbocycles. The third-order valence-corrected chi connectivity index (χ3v) is 0.0823. The SMILES string of the molecule is C.O=C=O.O=COO.O=CO[O-].[H+].[HH]. The molecule has 74 valence electrons. The Morgan fingerprint density at radius 1 is 1.42 bits per heavy atom. The first-order valence-corrected chi connectivity index (χ1v) is 1.70. The summed E-state index contributed by atoms with van der Waals surface area (Å²) in [5, 5.41) is 15.4. The minimum absolute atomic E-state index is 0. The number of rotatable bonds is 2.